The summed E-state index contributed by atoms with van der Waals surface area (Å²) in [5, 5.41) is 4.74. The molecule has 0 saturated carbocycles. The van der Waals surface area contributed by atoms with Crippen LogP contribution in [-0.4, -0.2) is 38.6 Å². The first-order valence-electron chi connectivity index (χ1n) is 7.22. The zero-order chi connectivity index (χ0) is 18.0. The van der Waals surface area contributed by atoms with E-state index in [9.17, 15) is 26.4 Å². The largest absolute Gasteiger partial charge is 0.492 e. The van der Waals surface area contributed by atoms with Crippen molar-refractivity contribution in [3.8, 4) is 5.75 Å². The molecule has 1 aromatic carbocycles. The molecule has 1 heterocycles. The summed E-state index contributed by atoms with van der Waals surface area (Å²) in [7, 11) is -3.17. The molecule has 1 saturated heterocycles. The number of alkyl halides is 3. The van der Waals surface area contributed by atoms with Crippen LogP contribution in [0.25, 0.3) is 0 Å². The third-order valence-electron chi connectivity index (χ3n) is 3.42. The Kier molecular flexibility index (Phi) is 5.26. The zero-order valence-corrected chi connectivity index (χ0v) is 13.6. The minimum absolute atomic E-state index is 0.0221. The highest BCUT2D eigenvalue weighted by Crippen LogP contribution is 2.35. The maximum atomic E-state index is 12.8. The SMILES string of the molecule is CCOc1ccc(C(F)(F)F)cc1NC(=O)NC1CCS(=O)(=O)C1. The van der Waals surface area contributed by atoms with Crippen LogP contribution in [0.2, 0.25) is 0 Å². The highest BCUT2D eigenvalue weighted by atomic mass is 32.2. The van der Waals surface area contributed by atoms with E-state index in [0.29, 0.717) is 0 Å². The van der Waals surface area contributed by atoms with Crippen molar-refractivity contribution >= 4 is 21.6 Å². The van der Waals surface area contributed by atoms with Crippen molar-refractivity contribution in [2.75, 3.05) is 23.4 Å². The molecule has 0 spiro atoms. The van der Waals surface area contributed by atoms with Gasteiger partial charge in [-0.15, -0.1) is 0 Å². The van der Waals surface area contributed by atoms with Crippen molar-refractivity contribution in [2.45, 2.75) is 25.6 Å². The predicted molar refractivity (Wildman–Crippen MR) is 81.8 cm³/mol. The molecule has 1 atom stereocenters. The van der Waals surface area contributed by atoms with E-state index in [1.165, 1.54) is 0 Å². The van der Waals surface area contributed by atoms with Crippen LogP contribution >= 0.6 is 0 Å². The van der Waals surface area contributed by atoms with Gasteiger partial charge in [0.1, 0.15) is 5.75 Å². The summed E-state index contributed by atoms with van der Waals surface area (Å²) in [6, 6.07) is 1.42. The molecule has 0 aromatic heterocycles. The lowest BCUT2D eigenvalue weighted by Crippen LogP contribution is -2.38. The summed E-state index contributed by atoms with van der Waals surface area (Å²) in [6.45, 7) is 1.87. The molecule has 2 amide bonds. The summed E-state index contributed by atoms with van der Waals surface area (Å²) in [5.41, 5.74) is -1.06. The van der Waals surface area contributed by atoms with Crippen LogP contribution in [0.1, 0.15) is 18.9 Å². The van der Waals surface area contributed by atoms with Crippen LogP contribution < -0.4 is 15.4 Å². The molecule has 10 heteroatoms. The first-order chi connectivity index (χ1) is 11.1. The number of hydrogen-bond donors (Lipinski definition) is 2. The topological polar surface area (TPSA) is 84.5 Å². The molecular formula is C14H17F3N2O4S. The number of sulfone groups is 1. The van der Waals surface area contributed by atoms with Crippen molar-refractivity contribution in [3.63, 3.8) is 0 Å². The summed E-state index contributed by atoms with van der Waals surface area (Å²) in [6.07, 6.45) is -4.28. The van der Waals surface area contributed by atoms with Gasteiger partial charge in [-0.05, 0) is 31.5 Å². The van der Waals surface area contributed by atoms with E-state index < -0.39 is 33.6 Å². The number of rotatable bonds is 4. The number of carbonyl (C=O) groups excluding carboxylic acids is 1. The molecule has 1 unspecified atom stereocenters. The molecule has 0 aliphatic carbocycles. The Hall–Kier alpha value is -1.97. The van der Waals surface area contributed by atoms with Gasteiger partial charge in [0.15, 0.2) is 9.84 Å². The van der Waals surface area contributed by atoms with Crippen LogP contribution in [0.5, 0.6) is 5.75 Å². The van der Waals surface area contributed by atoms with E-state index in [-0.39, 0.29) is 36.0 Å². The van der Waals surface area contributed by atoms with Crippen molar-refractivity contribution in [1.82, 2.24) is 5.32 Å². The van der Waals surface area contributed by atoms with Gasteiger partial charge in [-0.1, -0.05) is 0 Å². The Morgan fingerprint density at radius 2 is 2.08 bits per heavy atom. The van der Waals surface area contributed by atoms with Gasteiger partial charge in [-0.25, -0.2) is 13.2 Å². The highest BCUT2D eigenvalue weighted by Gasteiger charge is 2.32. The third kappa shape index (κ3) is 4.76. The number of ether oxygens (including phenoxy) is 1. The molecule has 6 nitrogen and oxygen atoms in total. The monoisotopic (exact) mass is 366 g/mol. The number of urea groups is 1. The van der Waals surface area contributed by atoms with Crippen molar-refractivity contribution < 1.29 is 31.1 Å². The molecular weight excluding hydrogens is 349 g/mol. The Balaban J connectivity index is 2.13. The minimum atomic E-state index is -4.56. The van der Waals surface area contributed by atoms with E-state index >= 15 is 0 Å². The summed E-state index contributed by atoms with van der Waals surface area (Å²) < 4.78 is 66.3. The predicted octanol–water partition coefficient (Wildman–Crippen LogP) is 2.41. The smallest absolute Gasteiger partial charge is 0.416 e. The molecule has 1 aromatic rings. The molecule has 2 rings (SSSR count). The summed E-state index contributed by atoms with van der Waals surface area (Å²) in [5.74, 6) is -0.104. The molecule has 0 radical (unpaired) electrons. The van der Waals surface area contributed by atoms with E-state index in [1.807, 2.05) is 0 Å². The number of benzene rings is 1. The van der Waals surface area contributed by atoms with E-state index in [1.54, 1.807) is 6.92 Å². The Labute approximate surface area is 137 Å². The van der Waals surface area contributed by atoms with Crippen LogP contribution in [0.15, 0.2) is 18.2 Å². The normalized spacial score (nSPS) is 19.8. The van der Waals surface area contributed by atoms with Crippen molar-refractivity contribution in [3.05, 3.63) is 23.8 Å². The van der Waals surface area contributed by atoms with Crippen LogP contribution in [-0.2, 0) is 16.0 Å². The standard InChI is InChI=1S/C14H17F3N2O4S/c1-2-23-12-4-3-9(14(15,16)17)7-11(12)19-13(20)18-10-5-6-24(21,22)8-10/h3-4,7,10H,2,5-6,8H2,1H3,(H2,18,19,20). The molecule has 1 aliphatic heterocycles. The average Bonchev–Trinajstić information content (AvgIpc) is 2.78. The maximum absolute atomic E-state index is 12.8. The fourth-order valence-electron chi connectivity index (χ4n) is 2.34. The van der Waals surface area contributed by atoms with Crippen LogP contribution in [0.4, 0.5) is 23.7 Å². The average molecular weight is 366 g/mol. The molecule has 2 N–H and O–H groups in total. The van der Waals surface area contributed by atoms with Gasteiger partial charge in [0.05, 0.1) is 29.4 Å². The van der Waals surface area contributed by atoms with Crippen LogP contribution in [0, 0.1) is 0 Å². The number of hydrogen-bond acceptors (Lipinski definition) is 4. The van der Waals surface area contributed by atoms with Gasteiger partial charge in [0.2, 0.25) is 0 Å². The van der Waals surface area contributed by atoms with Gasteiger partial charge in [0, 0.05) is 6.04 Å². The molecule has 24 heavy (non-hydrogen) atoms. The summed E-state index contributed by atoms with van der Waals surface area (Å²) >= 11 is 0. The number of amides is 2. The maximum Gasteiger partial charge on any atom is 0.416 e. The quantitative estimate of drug-likeness (QED) is 0.857. The minimum Gasteiger partial charge on any atom is -0.492 e. The lowest BCUT2D eigenvalue weighted by atomic mass is 10.1. The van der Waals surface area contributed by atoms with E-state index in [0.717, 1.165) is 18.2 Å². The van der Waals surface area contributed by atoms with Gasteiger partial charge >= 0.3 is 12.2 Å². The lowest BCUT2D eigenvalue weighted by Gasteiger charge is -2.16. The number of halogens is 3. The second-order valence-electron chi connectivity index (χ2n) is 5.34. The Morgan fingerprint density at radius 1 is 1.38 bits per heavy atom. The molecule has 0 bridgehead atoms. The zero-order valence-electron chi connectivity index (χ0n) is 12.8. The Bertz CT molecular complexity index is 719. The second-order valence-corrected chi connectivity index (χ2v) is 7.57. The fraction of sp³-hybridized carbons (Fsp3) is 0.500. The fourth-order valence-corrected chi connectivity index (χ4v) is 4.01. The van der Waals surface area contributed by atoms with Gasteiger partial charge < -0.3 is 15.4 Å². The van der Waals surface area contributed by atoms with Crippen molar-refractivity contribution in [2.24, 2.45) is 0 Å². The number of anilines is 1. The third-order valence-corrected chi connectivity index (χ3v) is 5.19. The lowest BCUT2D eigenvalue weighted by molar-refractivity contribution is -0.137. The number of carbonyl (C=O) groups is 1. The van der Waals surface area contributed by atoms with Gasteiger partial charge in [0.25, 0.3) is 0 Å². The summed E-state index contributed by atoms with van der Waals surface area (Å²) in [4.78, 5) is 11.9. The molecule has 1 aliphatic rings. The Morgan fingerprint density at radius 3 is 2.62 bits per heavy atom. The van der Waals surface area contributed by atoms with E-state index in [4.69, 9.17) is 4.74 Å². The second kappa shape index (κ2) is 6.88. The molecule has 134 valence electrons. The van der Waals surface area contributed by atoms with Crippen molar-refractivity contribution in [1.29, 1.82) is 0 Å². The van der Waals surface area contributed by atoms with Gasteiger partial charge in [-0.3, -0.25) is 0 Å². The first-order valence-corrected chi connectivity index (χ1v) is 9.05. The highest BCUT2D eigenvalue weighted by molar-refractivity contribution is 7.91. The van der Waals surface area contributed by atoms with Gasteiger partial charge in [-0.2, -0.15) is 13.2 Å². The first kappa shape index (κ1) is 18.4. The number of nitrogens with one attached hydrogen (secondary N) is 2. The van der Waals surface area contributed by atoms with Crippen LogP contribution in [0.3, 0.4) is 0 Å². The molecule has 1 fully saturated rings. The van der Waals surface area contributed by atoms with E-state index in [2.05, 4.69) is 10.6 Å².